The summed E-state index contributed by atoms with van der Waals surface area (Å²) in [6, 6.07) is 19.0. The Morgan fingerprint density at radius 3 is 1.48 bits per heavy atom. The van der Waals surface area contributed by atoms with Crippen LogP contribution in [-0.4, -0.2) is 23.4 Å². The first-order chi connectivity index (χ1) is 10.2. The van der Waals surface area contributed by atoms with Gasteiger partial charge >= 0.3 is 11.9 Å². The lowest BCUT2D eigenvalue weighted by Crippen LogP contribution is -2.15. The summed E-state index contributed by atoms with van der Waals surface area (Å²) < 4.78 is 4.77. The van der Waals surface area contributed by atoms with Gasteiger partial charge in [0.25, 0.3) is 0 Å². The molecule has 0 aliphatic heterocycles. The fourth-order valence-corrected chi connectivity index (χ4v) is 2.89. The molecule has 0 saturated heterocycles. The van der Waals surface area contributed by atoms with Crippen LogP contribution in [0.3, 0.4) is 0 Å². The van der Waals surface area contributed by atoms with Gasteiger partial charge in [0, 0.05) is 9.79 Å². The zero-order chi connectivity index (χ0) is 14.9. The topological polar surface area (TPSA) is 43.4 Å². The summed E-state index contributed by atoms with van der Waals surface area (Å²) in [5.41, 5.74) is 0. The predicted molar refractivity (Wildman–Crippen MR) is 85.4 cm³/mol. The monoisotopic (exact) mass is 318 g/mol. The van der Waals surface area contributed by atoms with E-state index >= 15 is 0 Å². The third-order valence-electron chi connectivity index (χ3n) is 2.43. The molecule has 5 heteroatoms. The normalized spacial score (nSPS) is 10.1. The van der Waals surface area contributed by atoms with Crippen molar-refractivity contribution in [3.8, 4) is 0 Å². The van der Waals surface area contributed by atoms with Crippen LogP contribution < -0.4 is 0 Å². The van der Waals surface area contributed by atoms with Crippen LogP contribution in [0.15, 0.2) is 70.5 Å². The summed E-state index contributed by atoms with van der Waals surface area (Å²) in [4.78, 5) is 25.1. The molecule has 0 spiro atoms. The molecule has 0 aliphatic carbocycles. The van der Waals surface area contributed by atoms with Gasteiger partial charge in [0.05, 0.1) is 11.5 Å². The third-order valence-corrected chi connectivity index (χ3v) is 4.40. The first-order valence-corrected chi connectivity index (χ1v) is 8.30. The molecule has 0 aromatic heterocycles. The summed E-state index contributed by atoms with van der Waals surface area (Å²) in [7, 11) is 0. The van der Waals surface area contributed by atoms with Crippen molar-refractivity contribution < 1.29 is 14.3 Å². The van der Waals surface area contributed by atoms with E-state index in [0.29, 0.717) is 0 Å². The van der Waals surface area contributed by atoms with Crippen LogP contribution in [0, 0.1) is 0 Å². The maximum atomic E-state index is 11.6. The van der Waals surface area contributed by atoms with Crippen LogP contribution in [0.5, 0.6) is 0 Å². The molecule has 0 atom stereocenters. The minimum Gasteiger partial charge on any atom is -0.392 e. The van der Waals surface area contributed by atoms with Crippen LogP contribution in [0.1, 0.15) is 0 Å². The van der Waals surface area contributed by atoms with Crippen LogP contribution in [-0.2, 0) is 14.3 Å². The molecular formula is C16H14O3S2. The van der Waals surface area contributed by atoms with E-state index < -0.39 is 11.9 Å². The molecule has 2 aromatic rings. The predicted octanol–water partition coefficient (Wildman–Crippen LogP) is 3.64. The number of ether oxygens (including phenoxy) is 1. The van der Waals surface area contributed by atoms with Gasteiger partial charge in [-0.1, -0.05) is 36.4 Å². The van der Waals surface area contributed by atoms with Gasteiger partial charge in [-0.15, -0.1) is 23.5 Å². The molecule has 0 radical (unpaired) electrons. The molecule has 0 N–H and O–H groups in total. The standard InChI is InChI=1S/C16H14O3S2/c17-15(11-20-13-7-3-1-4-8-13)19-16(18)12-21-14-9-5-2-6-10-14/h1-10H,11-12H2. The number of hydrogen-bond acceptors (Lipinski definition) is 5. The van der Waals surface area contributed by atoms with Crippen molar-refractivity contribution in [2.45, 2.75) is 9.79 Å². The van der Waals surface area contributed by atoms with E-state index in [0.717, 1.165) is 9.79 Å². The number of benzene rings is 2. The highest BCUT2D eigenvalue weighted by atomic mass is 32.2. The van der Waals surface area contributed by atoms with Crippen LogP contribution in [0.4, 0.5) is 0 Å². The first kappa shape index (κ1) is 15.7. The van der Waals surface area contributed by atoms with E-state index in [1.165, 1.54) is 23.5 Å². The van der Waals surface area contributed by atoms with Crippen LogP contribution >= 0.6 is 23.5 Å². The van der Waals surface area contributed by atoms with E-state index in [9.17, 15) is 9.59 Å². The van der Waals surface area contributed by atoms with E-state index in [2.05, 4.69) is 0 Å². The van der Waals surface area contributed by atoms with Gasteiger partial charge in [-0.2, -0.15) is 0 Å². The Morgan fingerprint density at radius 1 is 0.714 bits per heavy atom. The fourth-order valence-electron chi connectivity index (χ4n) is 1.50. The summed E-state index contributed by atoms with van der Waals surface area (Å²) in [5.74, 6) is -0.762. The third kappa shape index (κ3) is 6.06. The number of rotatable bonds is 6. The Kier molecular flexibility index (Phi) is 6.37. The van der Waals surface area contributed by atoms with Crippen LogP contribution in [0.25, 0.3) is 0 Å². The smallest absolute Gasteiger partial charge is 0.323 e. The number of carbonyl (C=O) groups excluding carboxylic acids is 2. The molecule has 2 aromatic carbocycles. The minimum absolute atomic E-state index is 0.131. The van der Waals surface area contributed by atoms with Gasteiger partial charge in [-0.05, 0) is 24.3 Å². The number of carbonyl (C=O) groups is 2. The summed E-state index contributed by atoms with van der Waals surface area (Å²) >= 11 is 2.70. The second-order valence-electron chi connectivity index (χ2n) is 4.05. The lowest BCUT2D eigenvalue weighted by Gasteiger charge is -2.03. The first-order valence-electron chi connectivity index (χ1n) is 6.33. The Balaban J connectivity index is 1.69. The largest absolute Gasteiger partial charge is 0.392 e. The molecule has 3 nitrogen and oxygen atoms in total. The van der Waals surface area contributed by atoms with Crippen LogP contribution in [0.2, 0.25) is 0 Å². The zero-order valence-electron chi connectivity index (χ0n) is 11.2. The Morgan fingerprint density at radius 2 is 1.10 bits per heavy atom. The van der Waals surface area contributed by atoms with Crippen molar-refractivity contribution in [1.29, 1.82) is 0 Å². The summed E-state index contributed by atoms with van der Waals surface area (Å²) in [5, 5.41) is 0. The number of esters is 2. The van der Waals surface area contributed by atoms with E-state index in [1.807, 2.05) is 60.7 Å². The molecule has 0 heterocycles. The molecule has 0 saturated carbocycles. The maximum Gasteiger partial charge on any atom is 0.323 e. The molecule has 0 aliphatic rings. The van der Waals surface area contributed by atoms with E-state index in [4.69, 9.17) is 4.74 Å². The zero-order valence-corrected chi connectivity index (χ0v) is 12.9. The van der Waals surface area contributed by atoms with Crippen molar-refractivity contribution in [2.75, 3.05) is 11.5 Å². The molecule has 0 bridgehead atoms. The van der Waals surface area contributed by atoms with Crippen molar-refractivity contribution in [3.63, 3.8) is 0 Å². The molecule has 0 fully saturated rings. The summed E-state index contributed by atoms with van der Waals surface area (Å²) in [6.45, 7) is 0. The van der Waals surface area contributed by atoms with E-state index in [1.54, 1.807) is 0 Å². The van der Waals surface area contributed by atoms with Crippen molar-refractivity contribution in [3.05, 3.63) is 60.7 Å². The quantitative estimate of drug-likeness (QED) is 0.462. The summed E-state index contributed by atoms with van der Waals surface area (Å²) in [6.07, 6.45) is 0. The van der Waals surface area contributed by atoms with Gasteiger partial charge in [0.15, 0.2) is 0 Å². The molecule has 2 rings (SSSR count). The second kappa shape index (κ2) is 8.54. The molecule has 108 valence electrons. The maximum absolute atomic E-state index is 11.6. The minimum atomic E-state index is -0.512. The Bertz CT molecular complexity index is 531. The number of hydrogen-bond donors (Lipinski definition) is 0. The van der Waals surface area contributed by atoms with Gasteiger partial charge in [0.1, 0.15) is 0 Å². The van der Waals surface area contributed by atoms with Crippen molar-refractivity contribution in [1.82, 2.24) is 0 Å². The number of thioether (sulfide) groups is 2. The lowest BCUT2D eigenvalue weighted by molar-refractivity contribution is -0.155. The fraction of sp³-hybridized carbons (Fsp3) is 0.125. The van der Waals surface area contributed by atoms with Gasteiger partial charge in [-0.3, -0.25) is 9.59 Å². The molecule has 21 heavy (non-hydrogen) atoms. The van der Waals surface area contributed by atoms with Gasteiger partial charge in [0.2, 0.25) is 0 Å². The van der Waals surface area contributed by atoms with Gasteiger partial charge in [-0.25, -0.2) is 0 Å². The highest BCUT2D eigenvalue weighted by Gasteiger charge is 2.11. The Labute approximate surface area is 132 Å². The lowest BCUT2D eigenvalue weighted by atomic mass is 10.4. The molecule has 0 unspecified atom stereocenters. The Hall–Kier alpha value is -1.72. The van der Waals surface area contributed by atoms with E-state index in [-0.39, 0.29) is 11.5 Å². The van der Waals surface area contributed by atoms with Crippen molar-refractivity contribution in [2.24, 2.45) is 0 Å². The van der Waals surface area contributed by atoms with Gasteiger partial charge < -0.3 is 4.74 Å². The average Bonchev–Trinajstić information content (AvgIpc) is 2.53. The van der Waals surface area contributed by atoms with Crippen molar-refractivity contribution >= 4 is 35.5 Å². The average molecular weight is 318 g/mol. The second-order valence-corrected chi connectivity index (χ2v) is 6.15. The SMILES string of the molecule is O=C(CSc1ccccc1)OC(=O)CSc1ccccc1. The highest BCUT2D eigenvalue weighted by Crippen LogP contribution is 2.18. The highest BCUT2D eigenvalue weighted by molar-refractivity contribution is 8.00. The molecule has 0 amide bonds. The molecular weight excluding hydrogens is 304 g/mol.